The Kier molecular flexibility index (Phi) is 5.06. The van der Waals surface area contributed by atoms with E-state index < -0.39 is 0 Å². The van der Waals surface area contributed by atoms with Gasteiger partial charge in [-0.3, -0.25) is 14.9 Å². The molecule has 0 aromatic carbocycles. The molecule has 2 fully saturated rings. The number of aromatic nitrogens is 2. The second kappa shape index (κ2) is 7.60. The van der Waals surface area contributed by atoms with Crippen LogP contribution >= 0.6 is 0 Å². The van der Waals surface area contributed by atoms with Crippen LogP contribution in [0.15, 0.2) is 42.7 Å². The van der Waals surface area contributed by atoms with E-state index in [1.807, 2.05) is 25.3 Å². The van der Waals surface area contributed by atoms with Crippen LogP contribution in [-0.4, -0.2) is 46.3 Å². The van der Waals surface area contributed by atoms with Gasteiger partial charge in [0.1, 0.15) is 0 Å². The maximum atomic E-state index is 6.30. The Hall–Kier alpha value is -1.82. The maximum Gasteiger partial charge on any atom is 0.0995 e. The molecule has 25 heavy (non-hydrogen) atoms. The third-order valence-electron chi connectivity index (χ3n) is 5.15. The summed E-state index contributed by atoms with van der Waals surface area (Å²) in [5.41, 5.74) is 3.30. The summed E-state index contributed by atoms with van der Waals surface area (Å²) in [5, 5.41) is 0. The summed E-state index contributed by atoms with van der Waals surface area (Å²) in [4.78, 5) is 11.3. The van der Waals surface area contributed by atoms with Gasteiger partial charge in [0.05, 0.1) is 31.1 Å². The van der Waals surface area contributed by atoms with Gasteiger partial charge in [-0.15, -0.1) is 0 Å². The molecule has 3 heterocycles. The molecule has 132 valence electrons. The summed E-state index contributed by atoms with van der Waals surface area (Å²) in [5.74, 6) is 0. The third-order valence-corrected chi connectivity index (χ3v) is 5.15. The van der Waals surface area contributed by atoms with Gasteiger partial charge in [0.2, 0.25) is 0 Å². The normalized spacial score (nSPS) is 26.5. The fourth-order valence-corrected chi connectivity index (χ4v) is 3.95. The van der Waals surface area contributed by atoms with Crippen molar-refractivity contribution in [2.75, 3.05) is 13.2 Å². The molecule has 5 heteroatoms. The third kappa shape index (κ3) is 3.89. The van der Waals surface area contributed by atoms with Crippen molar-refractivity contribution in [1.29, 1.82) is 0 Å². The highest BCUT2D eigenvalue weighted by molar-refractivity contribution is 5.11. The topological polar surface area (TPSA) is 47.5 Å². The van der Waals surface area contributed by atoms with Gasteiger partial charge in [-0.1, -0.05) is 12.1 Å². The van der Waals surface area contributed by atoms with Crippen LogP contribution < -0.4 is 0 Å². The van der Waals surface area contributed by atoms with Crippen molar-refractivity contribution < 1.29 is 9.47 Å². The lowest BCUT2D eigenvalue weighted by molar-refractivity contribution is -0.0615. The molecule has 2 aromatic rings. The summed E-state index contributed by atoms with van der Waals surface area (Å²) in [6.45, 7) is 5.18. The molecule has 1 saturated carbocycles. The summed E-state index contributed by atoms with van der Waals surface area (Å²) in [6.07, 6.45) is 6.17. The molecule has 4 rings (SSSR count). The van der Waals surface area contributed by atoms with Crippen LogP contribution in [0.2, 0.25) is 0 Å². The average molecular weight is 339 g/mol. The van der Waals surface area contributed by atoms with Gasteiger partial charge in [-0.25, -0.2) is 0 Å². The molecule has 1 aliphatic carbocycles. The van der Waals surface area contributed by atoms with E-state index in [1.165, 1.54) is 0 Å². The van der Waals surface area contributed by atoms with E-state index in [-0.39, 0.29) is 12.2 Å². The Bertz CT molecular complexity index is 694. The lowest BCUT2D eigenvalue weighted by atomic mass is 10.1. The zero-order valence-electron chi connectivity index (χ0n) is 14.7. The highest BCUT2D eigenvalue weighted by atomic mass is 16.5. The molecule has 0 N–H and O–H groups in total. The van der Waals surface area contributed by atoms with Gasteiger partial charge in [0, 0.05) is 37.2 Å². The number of ether oxygens (including phenoxy) is 2. The van der Waals surface area contributed by atoms with Crippen LogP contribution in [0.25, 0.3) is 0 Å². The van der Waals surface area contributed by atoms with Crippen LogP contribution in [-0.2, 0) is 22.6 Å². The van der Waals surface area contributed by atoms with Crippen molar-refractivity contribution in [3.63, 3.8) is 0 Å². The first-order chi connectivity index (χ1) is 12.3. The molecule has 1 aliphatic heterocycles. The summed E-state index contributed by atoms with van der Waals surface area (Å²) in [6, 6.07) is 10.6. The fourth-order valence-electron chi connectivity index (χ4n) is 3.95. The Labute approximate surface area is 149 Å². The highest BCUT2D eigenvalue weighted by Gasteiger charge is 2.43. The molecular formula is C20H25N3O2. The summed E-state index contributed by atoms with van der Waals surface area (Å²) < 4.78 is 12.4. The average Bonchev–Trinajstić information content (AvgIpc) is 2.94. The van der Waals surface area contributed by atoms with Gasteiger partial charge >= 0.3 is 0 Å². The van der Waals surface area contributed by atoms with Crippen molar-refractivity contribution >= 4 is 0 Å². The quantitative estimate of drug-likeness (QED) is 0.838. The number of aryl methyl sites for hydroxylation is 1. The Morgan fingerprint density at radius 3 is 3.04 bits per heavy atom. The van der Waals surface area contributed by atoms with Gasteiger partial charge in [-0.05, 0) is 43.5 Å². The van der Waals surface area contributed by atoms with Crippen LogP contribution in [0.1, 0.15) is 29.8 Å². The van der Waals surface area contributed by atoms with E-state index in [0.717, 1.165) is 49.5 Å². The Morgan fingerprint density at radius 2 is 2.20 bits per heavy atom. The molecule has 2 aliphatic rings. The molecule has 0 radical (unpaired) electrons. The second-order valence-electron chi connectivity index (χ2n) is 6.93. The molecule has 2 bridgehead atoms. The largest absolute Gasteiger partial charge is 0.374 e. The van der Waals surface area contributed by atoms with Crippen molar-refractivity contribution in [3.8, 4) is 0 Å². The number of hydrogen-bond donors (Lipinski definition) is 0. The lowest BCUT2D eigenvalue weighted by Gasteiger charge is -2.31. The minimum atomic E-state index is 0.118. The SMILES string of the molecule is Cc1cccc(CN2CCOC3CCC2C3OCc2cccnc2)n1. The second-order valence-corrected chi connectivity index (χ2v) is 6.93. The van der Waals surface area contributed by atoms with Crippen molar-refractivity contribution in [3.05, 3.63) is 59.7 Å². The Morgan fingerprint density at radius 1 is 1.24 bits per heavy atom. The van der Waals surface area contributed by atoms with Gasteiger partial charge in [-0.2, -0.15) is 0 Å². The van der Waals surface area contributed by atoms with Crippen LogP contribution in [0.4, 0.5) is 0 Å². The Balaban J connectivity index is 1.46. The predicted molar refractivity (Wildman–Crippen MR) is 95.0 cm³/mol. The number of hydrogen-bond acceptors (Lipinski definition) is 5. The fraction of sp³-hybridized carbons (Fsp3) is 0.500. The van der Waals surface area contributed by atoms with Crippen LogP contribution in [0.5, 0.6) is 0 Å². The first-order valence-corrected chi connectivity index (χ1v) is 9.08. The maximum absolute atomic E-state index is 6.30. The van der Waals surface area contributed by atoms with Gasteiger partial charge in [0.15, 0.2) is 0 Å². The van der Waals surface area contributed by atoms with E-state index in [0.29, 0.717) is 12.6 Å². The minimum Gasteiger partial charge on any atom is -0.374 e. The van der Waals surface area contributed by atoms with Crippen LogP contribution in [0, 0.1) is 6.92 Å². The molecular weight excluding hydrogens is 314 g/mol. The van der Waals surface area contributed by atoms with Crippen molar-refractivity contribution in [2.45, 2.75) is 51.2 Å². The predicted octanol–water partition coefficient (Wildman–Crippen LogP) is 2.73. The van der Waals surface area contributed by atoms with Crippen LogP contribution in [0.3, 0.4) is 0 Å². The zero-order valence-corrected chi connectivity index (χ0v) is 14.7. The van der Waals surface area contributed by atoms with Crippen molar-refractivity contribution in [2.24, 2.45) is 0 Å². The van der Waals surface area contributed by atoms with Gasteiger partial charge < -0.3 is 9.47 Å². The van der Waals surface area contributed by atoms with E-state index in [2.05, 4.69) is 33.1 Å². The molecule has 1 saturated heterocycles. The van der Waals surface area contributed by atoms with E-state index in [9.17, 15) is 0 Å². The number of rotatable bonds is 5. The zero-order chi connectivity index (χ0) is 17.1. The van der Waals surface area contributed by atoms with E-state index in [1.54, 1.807) is 6.20 Å². The molecule has 5 nitrogen and oxygen atoms in total. The minimum absolute atomic E-state index is 0.118. The first kappa shape index (κ1) is 16.6. The molecule has 2 aromatic heterocycles. The van der Waals surface area contributed by atoms with E-state index >= 15 is 0 Å². The number of nitrogens with zero attached hydrogens (tertiary/aromatic N) is 3. The highest BCUT2D eigenvalue weighted by Crippen LogP contribution is 2.33. The summed E-state index contributed by atoms with van der Waals surface area (Å²) in [7, 11) is 0. The molecule has 3 unspecified atom stereocenters. The smallest absolute Gasteiger partial charge is 0.0995 e. The molecule has 0 spiro atoms. The molecule has 0 amide bonds. The monoisotopic (exact) mass is 339 g/mol. The lowest BCUT2D eigenvalue weighted by Crippen LogP contribution is -2.42. The number of pyridine rings is 2. The van der Waals surface area contributed by atoms with E-state index in [4.69, 9.17) is 9.47 Å². The number of fused-ring (bicyclic) bond motifs is 2. The first-order valence-electron chi connectivity index (χ1n) is 9.08. The summed E-state index contributed by atoms with van der Waals surface area (Å²) >= 11 is 0. The van der Waals surface area contributed by atoms with Gasteiger partial charge in [0.25, 0.3) is 0 Å². The standard InChI is InChI=1S/C20H25N3O2/c1-15-4-2-6-17(22-15)13-23-10-11-24-19-8-7-18(23)20(19)25-14-16-5-3-9-21-12-16/h2-6,9,12,18-20H,7-8,10-11,13-14H2,1H3. The molecule has 3 atom stereocenters. The van der Waals surface area contributed by atoms with Crippen molar-refractivity contribution in [1.82, 2.24) is 14.9 Å².